The van der Waals surface area contributed by atoms with E-state index < -0.39 is 0 Å². The minimum absolute atomic E-state index is 0.0647. The molecular weight excluding hydrogens is 368 g/mol. The lowest BCUT2D eigenvalue weighted by molar-refractivity contribution is -0.129. The van der Waals surface area contributed by atoms with E-state index in [4.69, 9.17) is 21.1 Å². The second-order valence-electron chi connectivity index (χ2n) is 5.68. The number of hydrogen-bond acceptors (Lipinski definition) is 4. The summed E-state index contributed by atoms with van der Waals surface area (Å²) in [4.78, 5) is 25.6. The molecule has 0 aliphatic heterocycles. The summed E-state index contributed by atoms with van der Waals surface area (Å²) in [7, 11) is 4.56. The molecule has 0 unspecified atom stereocenters. The number of para-hydroxylation sites is 1. The number of methoxy groups -OCH3 is 2. The van der Waals surface area contributed by atoms with Gasteiger partial charge in [0, 0.05) is 18.8 Å². The number of rotatable bonds is 7. The zero-order valence-corrected chi connectivity index (χ0v) is 16.1. The quantitative estimate of drug-likeness (QED) is 0.737. The molecule has 0 atom stereocenters. The highest BCUT2D eigenvalue weighted by atomic mass is 35.5. The predicted molar refractivity (Wildman–Crippen MR) is 106 cm³/mol. The summed E-state index contributed by atoms with van der Waals surface area (Å²) < 4.78 is 10.4. The molecular formula is C20H21ClN2O4. The van der Waals surface area contributed by atoms with Crippen molar-refractivity contribution in [2.24, 2.45) is 0 Å². The molecule has 0 aliphatic rings. The molecule has 0 heterocycles. The van der Waals surface area contributed by atoms with Gasteiger partial charge in [0.2, 0.25) is 11.8 Å². The maximum absolute atomic E-state index is 12.2. The van der Waals surface area contributed by atoms with E-state index in [0.29, 0.717) is 27.8 Å². The van der Waals surface area contributed by atoms with Gasteiger partial charge >= 0.3 is 0 Å². The van der Waals surface area contributed by atoms with Gasteiger partial charge in [-0.3, -0.25) is 9.59 Å². The topological polar surface area (TPSA) is 67.9 Å². The molecule has 6 nitrogen and oxygen atoms in total. The van der Waals surface area contributed by atoms with Crippen LogP contribution in [0.1, 0.15) is 5.56 Å². The Morgan fingerprint density at radius 2 is 1.85 bits per heavy atom. The molecule has 0 saturated carbocycles. The average molecular weight is 389 g/mol. The van der Waals surface area contributed by atoms with Gasteiger partial charge in [-0.05, 0) is 35.9 Å². The molecule has 0 bridgehead atoms. The lowest BCUT2D eigenvalue weighted by Gasteiger charge is -2.15. The number of ether oxygens (including phenoxy) is 2. The van der Waals surface area contributed by atoms with Gasteiger partial charge in [0.1, 0.15) is 0 Å². The first kappa shape index (κ1) is 20.3. The average Bonchev–Trinajstić information content (AvgIpc) is 2.66. The van der Waals surface area contributed by atoms with Crippen LogP contribution >= 0.6 is 11.6 Å². The second-order valence-corrected chi connectivity index (χ2v) is 6.09. The first-order valence-electron chi connectivity index (χ1n) is 8.14. The highest BCUT2D eigenvalue weighted by Crippen LogP contribution is 2.36. The Labute approximate surface area is 163 Å². The van der Waals surface area contributed by atoms with E-state index in [2.05, 4.69) is 5.32 Å². The summed E-state index contributed by atoms with van der Waals surface area (Å²) in [5.74, 6) is 0.300. The third-order valence-corrected chi connectivity index (χ3v) is 3.97. The first-order chi connectivity index (χ1) is 12.9. The molecule has 142 valence electrons. The monoisotopic (exact) mass is 388 g/mol. The van der Waals surface area contributed by atoms with Crippen LogP contribution in [0.2, 0.25) is 5.02 Å². The summed E-state index contributed by atoms with van der Waals surface area (Å²) in [5, 5.41) is 3.11. The zero-order valence-electron chi connectivity index (χ0n) is 15.4. The van der Waals surface area contributed by atoms with Crippen LogP contribution in [0.25, 0.3) is 6.08 Å². The van der Waals surface area contributed by atoms with Crippen molar-refractivity contribution in [3.8, 4) is 11.5 Å². The van der Waals surface area contributed by atoms with E-state index in [9.17, 15) is 9.59 Å². The molecule has 2 rings (SSSR count). The van der Waals surface area contributed by atoms with Crippen molar-refractivity contribution in [3.63, 3.8) is 0 Å². The Hall–Kier alpha value is -2.99. The number of carbonyl (C=O) groups is 2. The van der Waals surface area contributed by atoms with Gasteiger partial charge < -0.3 is 19.7 Å². The van der Waals surface area contributed by atoms with Gasteiger partial charge in [0.25, 0.3) is 0 Å². The van der Waals surface area contributed by atoms with Crippen LogP contribution in [-0.4, -0.2) is 44.5 Å². The Balaban J connectivity index is 1.99. The third kappa shape index (κ3) is 5.76. The van der Waals surface area contributed by atoms with E-state index in [-0.39, 0.29) is 18.4 Å². The highest BCUT2D eigenvalue weighted by Gasteiger charge is 2.12. The molecule has 0 aromatic heterocycles. The number of likely N-dealkylation sites (N-methyl/N-ethyl adjacent to an activating group) is 1. The van der Waals surface area contributed by atoms with Crippen LogP contribution in [0.3, 0.4) is 0 Å². The lowest BCUT2D eigenvalue weighted by atomic mass is 10.2. The number of amides is 2. The van der Waals surface area contributed by atoms with Crippen LogP contribution in [0.4, 0.5) is 5.69 Å². The van der Waals surface area contributed by atoms with Crippen molar-refractivity contribution in [1.82, 2.24) is 4.90 Å². The molecule has 0 radical (unpaired) electrons. The molecule has 0 spiro atoms. The Morgan fingerprint density at radius 3 is 2.48 bits per heavy atom. The van der Waals surface area contributed by atoms with Crippen molar-refractivity contribution in [1.29, 1.82) is 0 Å². The summed E-state index contributed by atoms with van der Waals surface area (Å²) >= 11 is 6.15. The summed E-state index contributed by atoms with van der Waals surface area (Å²) in [6.07, 6.45) is 2.97. The first-order valence-corrected chi connectivity index (χ1v) is 8.52. The second kappa shape index (κ2) is 9.64. The highest BCUT2D eigenvalue weighted by molar-refractivity contribution is 6.32. The van der Waals surface area contributed by atoms with Crippen LogP contribution in [-0.2, 0) is 9.59 Å². The van der Waals surface area contributed by atoms with Crippen molar-refractivity contribution in [2.75, 3.05) is 33.1 Å². The fourth-order valence-electron chi connectivity index (χ4n) is 2.34. The summed E-state index contributed by atoms with van der Waals surface area (Å²) in [6, 6.07) is 12.4. The maximum atomic E-state index is 12.2. The van der Waals surface area contributed by atoms with E-state index in [0.717, 1.165) is 0 Å². The fourth-order valence-corrected chi connectivity index (χ4v) is 2.64. The van der Waals surface area contributed by atoms with E-state index in [1.54, 1.807) is 37.4 Å². The summed E-state index contributed by atoms with van der Waals surface area (Å²) in [6.45, 7) is -0.0647. The van der Waals surface area contributed by atoms with Gasteiger partial charge in [-0.1, -0.05) is 29.8 Å². The minimum atomic E-state index is -0.316. The number of hydrogen-bond donors (Lipinski definition) is 1. The number of nitrogens with zero attached hydrogens (tertiary/aromatic N) is 1. The van der Waals surface area contributed by atoms with Crippen molar-refractivity contribution < 1.29 is 19.1 Å². The number of halogens is 1. The van der Waals surface area contributed by atoms with Gasteiger partial charge in [0.15, 0.2) is 11.5 Å². The molecule has 2 amide bonds. The van der Waals surface area contributed by atoms with E-state index in [1.807, 2.05) is 18.2 Å². The molecule has 2 aromatic carbocycles. The predicted octanol–water partition coefficient (Wildman–Crippen LogP) is 3.47. The minimum Gasteiger partial charge on any atom is -0.493 e. The molecule has 27 heavy (non-hydrogen) atoms. The SMILES string of the molecule is COc1cc(/C=C/C(=O)N(C)CC(=O)Nc2ccccc2)cc(Cl)c1OC. The fraction of sp³-hybridized carbons (Fsp3) is 0.200. The number of benzene rings is 2. The van der Waals surface area contributed by atoms with Crippen LogP contribution in [0.15, 0.2) is 48.5 Å². The molecule has 0 aliphatic carbocycles. The Kier molecular flexibility index (Phi) is 7.25. The smallest absolute Gasteiger partial charge is 0.246 e. The van der Waals surface area contributed by atoms with Gasteiger partial charge in [-0.2, -0.15) is 0 Å². The largest absolute Gasteiger partial charge is 0.493 e. The normalized spacial score (nSPS) is 10.5. The van der Waals surface area contributed by atoms with Crippen molar-refractivity contribution in [3.05, 3.63) is 59.1 Å². The molecule has 2 aromatic rings. The number of nitrogens with one attached hydrogen (secondary N) is 1. The molecule has 0 fully saturated rings. The maximum Gasteiger partial charge on any atom is 0.246 e. The van der Waals surface area contributed by atoms with E-state index in [1.165, 1.54) is 25.2 Å². The standard InChI is InChI=1S/C20H21ClN2O4/c1-23(13-18(24)22-15-7-5-4-6-8-15)19(25)10-9-14-11-16(21)20(27-3)17(12-14)26-2/h4-12H,13H2,1-3H3,(H,22,24)/b10-9+. The third-order valence-electron chi connectivity index (χ3n) is 3.69. The van der Waals surface area contributed by atoms with E-state index >= 15 is 0 Å². The van der Waals surface area contributed by atoms with Crippen molar-refractivity contribution in [2.45, 2.75) is 0 Å². The molecule has 0 saturated heterocycles. The van der Waals surface area contributed by atoms with Gasteiger partial charge in [0.05, 0.1) is 25.8 Å². The Morgan fingerprint density at radius 1 is 1.15 bits per heavy atom. The van der Waals surface area contributed by atoms with Crippen LogP contribution in [0.5, 0.6) is 11.5 Å². The molecule has 7 heteroatoms. The van der Waals surface area contributed by atoms with Crippen LogP contribution in [0, 0.1) is 0 Å². The lowest BCUT2D eigenvalue weighted by Crippen LogP contribution is -2.33. The Bertz CT molecular complexity index is 837. The molecule has 1 N–H and O–H groups in total. The summed E-state index contributed by atoms with van der Waals surface area (Å²) in [5.41, 5.74) is 1.35. The zero-order chi connectivity index (χ0) is 19.8. The van der Waals surface area contributed by atoms with Gasteiger partial charge in [-0.15, -0.1) is 0 Å². The number of carbonyl (C=O) groups excluding carboxylic acids is 2. The number of anilines is 1. The van der Waals surface area contributed by atoms with Crippen LogP contribution < -0.4 is 14.8 Å². The van der Waals surface area contributed by atoms with Crippen molar-refractivity contribution >= 4 is 35.2 Å². The van der Waals surface area contributed by atoms with Gasteiger partial charge in [-0.25, -0.2) is 0 Å².